The molecule has 2 atom stereocenters. The Bertz CT molecular complexity index is 180. The van der Waals surface area contributed by atoms with Crippen molar-refractivity contribution < 1.29 is 19.4 Å². The third-order valence-corrected chi connectivity index (χ3v) is 1.49. The van der Waals surface area contributed by atoms with Crippen molar-refractivity contribution in [3.63, 3.8) is 0 Å². The van der Waals surface area contributed by atoms with Gasteiger partial charge in [-0.3, -0.25) is 9.59 Å². The highest BCUT2D eigenvalue weighted by Gasteiger charge is 2.27. The maximum atomic E-state index is 10.9. The first kappa shape index (κ1) is 10.9. The van der Waals surface area contributed by atoms with Gasteiger partial charge in [0.15, 0.2) is 0 Å². The van der Waals surface area contributed by atoms with Gasteiger partial charge in [0.05, 0.1) is 12.5 Å². The molecule has 5 nitrogen and oxygen atoms in total. The maximum absolute atomic E-state index is 10.9. The Morgan fingerprint density at radius 1 is 1.58 bits per heavy atom. The van der Waals surface area contributed by atoms with E-state index in [-0.39, 0.29) is 6.61 Å². The minimum Gasteiger partial charge on any atom is -0.481 e. The molecular formula is C7H13NO4. The lowest BCUT2D eigenvalue weighted by molar-refractivity contribution is -0.152. The molecule has 0 aromatic carbocycles. The summed E-state index contributed by atoms with van der Waals surface area (Å²) in [5.74, 6) is -2.69. The Hall–Kier alpha value is -1.10. The van der Waals surface area contributed by atoms with Crippen molar-refractivity contribution in [3.05, 3.63) is 0 Å². The number of esters is 1. The molecule has 0 aromatic rings. The molecule has 3 N–H and O–H groups in total. The zero-order valence-corrected chi connectivity index (χ0v) is 7.11. The van der Waals surface area contributed by atoms with Crippen LogP contribution in [0.25, 0.3) is 0 Å². The quantitative estimate of drug-likeness (QED) is 0.567. The van der Waals surface area contributed by atoms with Crippen molar-refractivity contribution in [1.29, 1.82) is 0 Å². The number of carbonyl (C=O) groups is 2. The first-order chi connectivity index (χ1) is 5.50. The number of hydrogen-bond donors (Lipinski definition) is 2. The molecular weight excluding hydrogens is 162 g/mol. The Morgan fingerprint density at radius 3 is 2.42 bits per heavy atom. The summed E-state index contributed by atoms with van der Waals surface area (Å²) in [7, 11) is 0. The average Bonchev–Trinajstić information content (AvgIpc) is 2.02. The van der Waals surface area contributed by atoms with E-state index >= 15 is 0 Å². The lowest BCUT2D eigenvalue weighted by Crippen LogP contribution is -2.41. The fraction of sp³-hybridized carbons (Fsp3) is 0.714. The average molecular weight is 175 g/mol. The van der Waals surface area contributed by atoms with Gasteiger partial charge in [0.25, 0.3) is 0 Å². The minimum atomic E-state index is -1.10. The van der Waals surface area contributed by atoms with Gasteiger partial charge in [0, 0.05) is 0 Å². The molecule has 0 rings (SSSR count). The lowest BCUT2D eigenvalue weighted by Gasteiger charge is -2.13. The van der Waals surface area contributed by atoms with Gasteiger partial charge in [0.1, 0.15) is 6.04 Å². The van der Waals surface area contributed by atoms with E-state index in [4.69, 9.17) is 10.8 Å². The number of rotatable bonds is 4. The summed E-state index contributed by atoms with van der Waals surface area (Å²) >= 11 is 0. The molecule has 0 spiro atoms. The molecule has 0 amide bonds. The molecule has 0 radical (unpaired) electrons. The molecule has 0 unspecified atom stereocenters. The molecule has 0 saturated heterocycles. The molecule has 0 fully saturated rings. The van der Waals surface area contributed by atoms with Crippen molar-refractivity contribution in [2.24, 2.45) is 11.7 Å². The molecule has 0 aliphatic carbocycles. The van der Waals surface area contributed by atoms with E-state index in [1.165, 1.54) is 6.92 Å². The van der Waals surface area contributed by atoms with Crippen molar-refractivity contribution in [1.82, 2.24) is 0 Å². The molecule has 0 aliphatic rings. The van der Waals surface area contributed by atoms with Gasteiger partial charge < -0.3 is 15.6 Å². The second-order valence-electron chi connectivity index (χ2n) is 2.40. The molecule has 0 aromatic heterocycles. The highest BCUT2D eigenvalue weighted by atomic mass is 16.5. The van der Waals surface area contributed by atoms with E-state index in [9.17, 15) is 9.59 Å². The van der Waals surface area contributed by atoms with Gasteiger partial charge in [-0.1, -0.05) is 0 Å². The second-order valence-corrected chi connectivity index (χ2v) is 2.40. The van der Waals surface area contributed by atoms with E-state index in [1.54, 1.807) is 6.92 Å². The number of ether oxygens (including phenoxy) is 1. The number of aliphatic carboxylic acids is 1. The van der Waals surface area contributed by atoms with Crippen LogP contribution >= 0.6 is 0 Å². The number of carbonyl (C=O) groups excluding carboxylic acids is 1. The smallest absolute Gasteiger partial charge is 0.323 e. The van der Waals surface area contributed by atoms with Crippen LogP contribution in [0.1, 0.15) is 13.8 Å². The number of hydrogen-bond acceptors (Lipinski definition) is 4. The molecule has 0 heterocycles. The summed E-state index contributed by atoms with van der Waals surface area (Å²) < 4.78 is 4.55. The molecule has 0 aliphatic heterocycles. The highest BCUT2D eigenvalue weighted by Crippen LogP contribution is 2.02. The van der Waals surface area contributed by atoms with Gasteiger partial charge in [-0.15, -0.1) is 0 Å². The van der Waals surface area contributed by atoms with Gasteiger partial charge in [-0.25, -0.2) is 0 Å². The van der Waals surface area contributed by atoms with Crippen molar-refractivity contribution in [2.45, 2.75) is 19.9 Å². The predicted molar refractivity (Wildman–Crippen MR) is 41.4 cm³/mol. The minimum absolute atomic E-state index is 0.207. The fourth-order valence-electron chi connectivity index (χ4n) is 0.596. The Kier molecular flexibility index (Phi) is 4.28. The van der Waals surface area contributed by atoms with Gasteiger partial charge in [-0.05, 0) is 13.8 Å². The molecule has 70 valence electrons. The Labute approximate surface area is 70.5 Å². The van der Waals surface area contributed by atoms with Crippen LogP contribution in [-0.2, 0) is 14.3 Å². The van der Waals surface area contributed by atoms with Crippen LogP contribution in [0, 0.1) is 5.92 Å². The highest BCUT2D eigenvalue weighted by molar-refractivity contribution is 5.83. The van der Waals surface area contributed by atoms with Crippen LogP contribution in [0.15, 0.2) is 0 Å². The van der Waals surface area contributed by atoms with Crippen LogP contribution in [0.4, 0.5) is 0 Å². The summed E-state index contributed by atoms with van der Waals surface area (Å²) in [6.07, 6.45) is 0. The fourth-order valence-corrected chi connectivity index (χ4v) is 0.596. The monoisotopic (exact) mass is 175 g/mol. The zero-order chi connectivity index (χ0) is 9.72. The lowest BCUT2D eigenvalue weighted by atomic mass is 10.0. The van der Waals surface area contributed by atoms with E-state index in [0.717, 1.165) is 0 Å². The number of nitrogens with two attached hydrogens (primary N) is 1. The van der Waals surface area contributed by atoms with Gasteiger partial charge >= 0.3 is 11.9 Å². The van der Waals surface area contributed by atoms with Crippen molar-refractivity contribution in [2.75, 3.05) is 6.61 Å². The van der Waals surface area contributed by atoms with Crippen LogP contribution in [-0.4, -0.2) is 29.7 Å². The van der Waals surface area contributed by atoms with E-state index in [1.807, 2.05) is 0 Å². The van der Waals surface area contributed by atoms with E-state index < -0.39 is 23.9 Å². The van der Waals surface area contributed by atoms with E-state index in [2.05, 4.69) is 4.74 Å². The van der Waals surface area contributed by atoms with Crippen LogP contribution in [0.5, 0.6) is 0 Å². The predicted octanol–water partition coefficient (Wildman–Crippen LogP) is -0.402. The number of carboxylic acid groups (broad SMARTS) is 1. The normalized spacial score (nSPS) is 14.9. The maximum Gasteiger partial charge on any atom is 0.323 e. The van der Waals surface area contributed by atoms with Crippen molar-refractivity contribution in [3.8, 4) is 0 Å². The summed E-state index contributed by atoms with van der Waals surface area (Å²) in [6.45, 7) is 3.21. The summed E-state index contributed by atoms with van der Waals surface area (Å²) in [4.78, 5) is 21.2. The molecule has 12 heavy (non-hydrogen) atoms. The summed E-state index contributed by atoms with van der Waals surface area (Å²) in [5.41, 5.74) is 5.29. The van der Waals surface area contributed by atoms with Gasteiger partial charge in [0.2, 0.25) is 0 Å². The summed E-state index contributed by atoms with van der Waals surface area (Å²) in [5, 5.41) is 8.48. The van der Waals surface area contributed by atoms with Crippen LogP contribution < -0.4 is 5.73 Å². The van der Waals surface area contributed by atoms with E-state index in [0.29, 0.717) is 0 Å². The first-order valence-corrected chi connectivity index (χ1v) is 3.65. The number of carboxylic acids is 1. The Balaban J connectivity index is 4.09. The van der Waals surface area contributed by atoms with Gasteiger partial charge in [-0.2, -0.15) is 0 Å². The molecule has 0 bridgehead atoms. The SMILES string of the molecule is CCOC(=O)[C@H](N)[C@H](C)C(=O)O. The Morgan fingerprint density at radius 2 is 2.08 bits per heavy atom. The largest absolute Gasteiger partial charge is 0.481 e. The standard InChI is InChI=1S/C7H13NO4/c1-3-12-7(11)5(8)4(2)6(9)10/h4-5H,3,8H2,1-2H3,(H,9,10)/t4-,5+/m0/s1. The summed E-state index contributed by atoms with van der Waals surface area (Å²) in [6, 6.07) is -1.08. The second kappa shape index (κ2) is 4.71. The van der Waals surface area contributed by atoms with Crippen LogP contribution in [0.2, 0.25) is 0 Å². The third kappa shape index (κ3) is 2.87. The first-order valence-electron chi connectivity index (χ1n) is 3.65. The topological polar surface area (TPSA) is 89.6 Å². The third-order valence-electron chi connectivity index (χ3n) is 1.49. The van der Waals surface area contributed by atoms with Crippen molar-refractivity contribution >= 4 is 11.9 Å². The zero-order valence-electron chi connectivity index (χ0n) is 7.11. The molecule has 5 heteroatoms. The van der Waals surface area contributed by atoms with Crippen LogP contribution in [0.3, 0.4) is 0 Å². The molecule has 0 saturated carbocycles.